The Balaban J connectivity index is 1.91. The van der Waals surface area contributed by atoms with E-state index >= 15 is 0 Å². The van der Waals surface area contributed by atoms with Crippen molar-refractivity contribution in [1.29, 1.82) is 0 Å². The molecule has 2 N–H and O–H groups in total. The van der Waals surface area contributed by atoms with Crippen LogP contribution in [0.25, 0.3) is 0 Å². The first-order valence-corrected chi connectivity index (χ1v) is 5.51. The third kappa shape index (κ3) is 3.10. The molecule has 2 rings (SSSR count). The van der Waals surface area contributed by atoms with Gasteiger partial charge in [-0.2, -0.15) is 0 Å². The van der Waals surface area contributed by atoms with E-state index in [4.69, 9.17) is 4.42 Å². The fourth-order valence-corrected chi connectivity index (χ4v) is 1.51. The van der Waals surface area contributed by atoms with Gasteiger partial charge in [0.15, 0.2) is 0 Å². The van der Waals surface area contributed by atoms with E-state index in [0.717, 1.165) is 0 Å². The molecule has 0 saturated carbocycles. The van der Waals surface area contributed by atoms with Crippen LogP contribution in [0.5, 0.6) is 0 Å². The summed E-state index contributed by atoms with van der Waals surface area (Å²) in [6.07, 6.45) is 1.55. The highest BCUT2D eigenvalue weighted by Crippen LogP contribution is 2.13. The minimum atomic E-state index is -0.370. The number of halogens is 1. The first-order valence-electron chi connectivity index (χ1n) is 5.51. The molecule has 0 radical (unpaired) electrons. The van der Waals surface area contributed by atoms with Gasteiger partial charge in [-0.05, 0) is 43.3 Å². The van der Waals surface area contributed by atoms with Crippen LogP contribution in [0.4, 0.5) is 14.9 Å². The Morgan fingerprint density at radius 1 is 1.28 bits per heavy atom. The summed E-state index contributed by atoms with van der Waals surface area (Å²) in [6.45, 7) is 1.81. The summed E-state index contributed by atoms with van der Waals surface area (Å²) in [4.78, 5) is 11.6. The largest absolute Gasteiger partial charge is 0.467 e. The summed E-state index contributed by atoms with van der Waals surface area (Å²) in [6, 6.07) is 8.48. The van der Waals surface area contributed by atoms with Crippen molar-refractivity contribution in [1.82, 2.24) is 5.32 Å². The smallest absolute Gasteiger partial charge is 0.319 e. The first kappa shape index (κ1) is 12.2. The lowest BCUT2D eigenvalue weighted by Gasteiger charge is -2.12. The third-order valence-corrected chi connectivity index (χ3v) is 2.42. The van der Waals surface area contributed by atoms with E-state index in [-0.39, 0.29) is 17.9 Å². The van der Waals surface area contributed by atoms with Gasteiger partial charge in [0, 0.05) is 5.69 Å². The van der Waals surface area contributed by atoms with Gasteiger partial charge in [0.1, 0.15) is 11.6 Å². The predicted octanol–water partition coefficient (Wildman–Crippen LogP) is 3.30. The molecule has 0 saturated heterocycles. The Labute approximate surface area is 104 Å². The molecule has 2 aromatic rings. The number of hydrogen-bond donors (Lipinski definition) is 2. The highest BCUT2D eigenvalue weighted by molar-refractivity contribution is 5.89. The second-order valence-electron chi connectivity index (χ2n) is 3.84. The molecule has 2 amide bonds. The quantitative estimate of drug-likeness (QED) is 0.875. The maximum Gasteiger partial charge on any atom is 0.319 e. The molecule has 0 aliphatic heterocycles. The zero-order valence-electron chi connectivity index (χ0n) is 9.81. The highest BCUT2D eigenvalue weighted by atomic mass is 19.1. The van der Waals surface area contributed by atoms with Crippen LogP contribution in [0.1, 0.15) is 18.7 Å². The van der Waals surface area contributed by atoms with Crippen molar-refractivity contribution in [2.24, 2.45) is 0 Å². The standard InChI is InChI=1S/C13H13FN2O2/c1-9(12-3-2-8-18-12)15-13(17)16-11-6-4-10(14)5-7-11/h2-9H,1H3,(H2,15,16,17). The van der Waals surface area contributed by atoms with E-state index < -0.39 is 0 Å². The number of benzene rings is 1. The van der Waals surface area contributed by atoms with Crippen LogP contribution in [0.3, 0.4) is 0 Å². The van der Waals surface area contributed by atoms with Crippen LogP contribution in [-0.2, 0) is 0 Å². The lowest BCUT2D eigenvalue weighted by Crippen LogP contribution is -2.30. The highest BCUT2D eigenvalue weighted by Gasteiger charge is 2.11. The van der Waals surface area contributed by atoms with Crippen LogP contribution in [-0.4, -0.2) is 6.03 Å². The van der Waals surface area contributed by atoms with Gasteiger partial charge in [-0.1, -0.05) is 0 Å². The van der Waals surface area contributed by atoms with Crippen LogP contribution < -0.4 is 10.6 Å². The van der Waals surface area contributed by atoms with Gasteiger partial charge in [-0.15, -0.1) is 0 Å². The molecule has 1 heterocycles. The Kier molecular flexibility index (Phi) is 3.62. The van der Waals surface area contributed by atoms with Crippen LogP contribution in [0.15, 0.2) is 47.1 Å². The first-order chi connectivity index (χ1) is 8.65. The zero-order valence-corrected chi connectivity index (χ0v) is 9.81. The summed E-state index contributed by atoms with van der Waals surface area (Å²) < 4.78 is 17.8. The van der Waals surface area contributed by atoms with E-state index in [1.165, 1.54) is 24.3 Å². The number of rotatable bonds is 3. The number of nitrogens with one attached hydrogen (secondary N) is 2. The lowest BCUT2D eigenvalue weighted by molar-refractivity contribution is 0.247. The molecule has 4 nitrogen and oxygen atoms in total. The van der Waals surface area contributed by atoms with Gasteiger partial charge in [0.05, 0.1) is 12.3 Å². The topological polar surface area (TPSA) is 54.3 Å². The van der Waals surface area contributed by atoms with Crippen molar-refractivity contribution >= 4 is 11.7 Å². The fraction of sp³-hybridized carbons (Fsp3) is 0.154. The molecule has 0 aliphatic carbocycles. The fourth-order valence-electron chi connectivity index (χ4n) is 1.51. The zero-order chi connectivity index (χ0) is 13.0. The summed E-state index contributed by atoms with van der Waals surface area (Å²) in [5, 5.41) is 5.31. The van der Waals surface area contributed by atoms with Gasteiger partial charge in [-0.25, -0.2) is 9.18 Å². The summed E-state index contributed by atoms with van der Waals surface area (Å²) in [5.74, 6) is 0.328. The molecule has 1 aromatic carbocycles. The molecule has 94 valence electrons. The minimum Gasteiger partial charge on any atom is -0.467 e. The SMILES string of the molecule is CC(NC(=O)Nc1ccc(F)cc1)c1ccco1. The maximum absolute atomic E-state index is 12.7. The van der Waals surface area contributed by atoms with Crippen LogP contribution in [0, 0.1) is 5.82 Å². The number of amides is 2. The van der Waals surface area contributed by atoms with Crippen molar-refractivity contribution in [3.05, 3.63) is 54.2 Å². The van der Waals surface area contributed by atoms with E-state index in [1.807, 2.05) is 6.92 Å². The van der Waals surface area contributed by atoms with Gasteiger partial charge in [-0.3, -0.25) is 0 Å². The second kappa shape index (κ2) is 5.35. The molecule has 0 bridgehead atoms. The van der Waals surface area contributed by atoms with E-state index in [9.17, 15) is 9.18 Å². The molecule has 0 aliphatic rings. The van der Waals surface area contributed by atoms with Crippen LogP contribution >= 0.6 is 0 Å². The van der Waals surface area contributed by atoms with Crippen molar-refractivity contribution < 1.29 is 13.6 Å². The average molecular weight is 248 g/mol. The van der Waals surface area contributed by atoms with Crippen molar-refractivity contribution in [3.63, 3.8) is 0 Å². The normalized spacial score (nSPS) is 11.9. The Morgan fingerprint density at radius 2 is 2.00 bits per heavy atom. The maximum atomic E-state index is 12.7. The average Bonchev–Trinajstić information content (AvgIpc) is 2.85. The Morgan fingerprint density at radius 3 is 2.61 bits per heavy atom. The van der Waals surface area contributed by atoms with Crippen molar-refractivity contribution in [2.45, 2.75) is 13.0 Å². The molecule has 1 atom stereocenters. The molecule has 1 unspecified atom stereocenters. The number of hydrogen-bond acceptors (Lipinski definition) is 2. The van der Waals surface area contributed by atoms with Crippen molar-refractivity contribution in [3.8, 4) is 0 Å². The van der Waals surface area contributed by atoms with Gasteiger partial charge in [0.2, 0.25) is 0 Å². The summed E-state index contributed by atoms with van der Waals surface area (Å²) >= 11 is 0. The Hall–Kier alpha value is -2.30. The van der Waals surface area contributed by atoms with Crippen LogP contribution in [0.2, 0.25) is 0 Å². The number of furan rings is 1. The van der Waals surface area contributed by atoms with Gasteiger partial charge < -0.3 is 15.1 Å². The van der Waals surface area contributed by atoms with E-state index in [0.29, 0.717) is 11.4 Å². The van der Waals surface area contributed by atoms with E-state index in [2.05, 4.69) is 10.6 Å². The molecule has 1 aromatic heterocycles. The molecule has 0 spiro atoms. The monoisotopic (exact) mass is 248 g/mol. The Bertz CT molecular complexity index is 508. The number of carbonyl (C=O) groups is 1. The molecule has 5 heteroatoms. The number of urea groups is 1. The van der Waals surface area contributed by atoms with E-state index in [1.54, 1.807) is 18.4 Å². The van der Waals surface area contributed by atoms with Crippen molar-refractivity contribution in [2.75, 3.05) is 5.32 Å². The molecular formula is C13H13FN2O2. The molecule has 0 fully saturated rings. The lowest BCUT2D eigenvalue weighted by atomic mass is 10.2. The summed E-state index contributed by atoms with van der Waals surface area (Å²) in [7, 11) is 0. The third-order valence-electron chi connectivity index (χ3n) is 2.42. The minimum absolute atomic E-state index is 0.236. The second-order valence-corrected chi connectivity index (χ2v) is 3.84. The molecule has 18 heavy (non-hydrogen) atoms. The number of anilines is 1. The summed E-state index contributed by atoms with van der Waals surface area (Å²) in [5.41, 5.74) is 0.528. The van der Waals surface area contributed by atoms with Gasteiger partial charge in [0.25, 0.3) is 0 Å². The predicted molar refractivity (Wildman–Crippen MR) is 65.7 cm³/mol. The number of carbonyl (C=O) groups excluding carboxylic acids is 1. The van der Waals surface area contributed by atoms with Gasteiger partial charge >= 0.3 is 6.03 Å². The molecular weight excluding hydrogens is 235 g/mol.